The maximum atomic E-state index is 5.12. The van der Waals surface area contributed by atoms with Gasteiger partial charge in [-0.1, -0.05) is 28.9 Å². The molecule has 0 bridgehead atoms. The minimum absolute atomic E-state index is 0.386. The molecule has 5 heavy (non-hydrogen) atoms. The van der Waals surface area contributed by atoms with Crippen molar-refractivity contribution in [2.24, 2.45) is 0 Å². The Morgan fingerprint density at radius 3 is 1.80 bits per heavy atom. The van der Waals surface area contributed by atoms with E-state index < -0.39 is 0 Å². The van der Waals surface area contributed by atoms with Crippen LogP contribution in [0.15, 0.2) is 10.2 Å². The minimum Gasteiger partial charge on any atom is -0.0757 e. The molecule has 0 aliphatic heterocycles. The zero-order valence-corrected chi connectivity index (χ0v) is 6.35. The van der Waals surface area contributed by atoms with Crippen LogP contribution in [-0.2, 0) is 0 Å². The Kier molecular flexibility index (Phi) is 3.05. The van der Waals surface area contributed by atoms with E-state index in [9.17, 15) is 0 Å². The van der Waals surface area contributed by atoms with Gasteiger partial charge in [0.15, 0.2) is 0 Å². The van der Waals surface area contributed by atoms with Crippen LogP contribution in [0.1, 0.15) is 0 Å². The van der Waals surface area contributed by atoms with Gasteiger partial charge in [-0.05, 0) is 0 Å². The van der Waals surface area contributed by atoms with E-state index in [1.165, 1.54) is 0 Å². The summed E-state index contributed by atoms with van der Waals surface area (Å²) < 4.78 is 0.386. The first kappa shape index (κ1) is 5.54. The predicted molar refractivity (Wildman–Crippen MR) is 29.7 cm³/mol. The molecule has 0 aliphatic carbocycles. The van der Waals surface area contributed by atoms with Gasteiger partial charge in [-0.2, -0.15) is 0 Å². The Morgan fingerprint density at radius 2 is 1.80 bits per heavy atom. The van der Waals surface area contributed by atoms with Gasteiger partial charge in [0.25, 0.3) is 0 Å². The zero-order valence-electron chi connectivity index (χ0n) is 2.83. The molecule has 0 aliphatic rings. The summed E-state index contributed by atoms with van der Waals surface area (Å²) in [7, 11) is 0.948. The lowest BCUT2D eigenvalue weighted by molar-refractivity contribution is 2.36. The van der Waals surface area contributed by atoms with Crippen molar-refractivity contribution in [3.05, 3.63) is 10.2 Å². The van der Waals surface area contributed by atoms with Crippen LogP contribution >= 0.6 is 23.2 Å². The lowest BCUT2D eigenvalue weighted by Crippen LogP contribution is -1.47. The van der Waals surface area contributed by atoms with Crippen LogP contribution in [0.5, 0.6) is 0 Å². The van der Waals surface area contributed by atoms with E-state index in [2.05, 4.69) is 0 Å². The Bertz CT molecular complexity index is 45.6. The van der Waals surface area contributed by atoms with Gasteiger partial charge in [0.2, 0.25) is 0 Å². The van der Waals surface area contributed by atoms with Crippen LogP contribution < -0.4 is 0 Å². The van der Waals surface area contributed by atoms with Crippen LogP contribution in [0, 0.1) is 0 Å². The molecule has 0 fully saturated rings. The van der Waals surface area contributed by atoms with Crippen molar-refractivity contribution in [1.82, 2.24) is 0 Å². The van der Waals surface area contributed by atoms with Gasteiger partial charge >= 0.3 is 0 Å². The first-order chi connectivity index (χ1) is 2.27. The van der Waals surface area contributed by atoms with Crippen molar-refractivity contribution >= 4 is 33.4 Å². The smallest absolute Gasteiger partial charge is 0.0757 e. The minimum atomic E-state index is 0.386. The molecule has 0 nitrogen and oxygen atoms in total. The monoisotopic (exact) mass is 126 g/mol. The van der Waals surface area contributed by atoms with Crippen LogP contribution in [0.25, 0.3) is 0 Å². The maximum absolute atomic E-state index is 5.12. The van der Waals surface area contributed by atoms with Crippen molar-refractivity contribution in [3.63, 3.8) is 0 Å². The molecule has 0 saturated heterocycles. The number of hydrogen-bond acceptors (Lipinski definition) is 0. The molecule has 0 spiro atoms. The maximum Gasteiger partial charge on any atom is 0.0976 e. The molecular formula is C2H4Cl2Si. The zero-order chi connectivity index (χ0) is 4.28. The van der Waals surface area contributed by atoms with E-state index in [0.717, 1.165) is 10.2 Å². The summed E-state index contributed by atoms with van der Waals surface area (Å²) in [6, 6.07) is 0. The van der Waals surface area contributed by atoms with E-state index in [1.807, 2.05) is 0 Å². The quantitative estimate of drug-likeness (QED) is 0.418. The highest BCUT2D eigenvalue weighted by atomic mass is 35.5. The summed E-state index contributed by atoms with van der Waals surface area (Å²) in [5, 5.41) is 0. The molecule has 0 N–H and O–H groups in total. The van der Waals surface area contributed by atoms with Gasteiger partial charge in [-0.15, -0.1) is 0 Å². The van der Waals surface area contributed by atoms with Crippen LogP contribution in [0.4, 0.5) is 0 Å². The second-order valence-corrected chi connectivity index (χ2v) is 2.16. The van der Waals surface area contributed by atoms with E-state index in [1.54, 1.807) is 5.70 Å². The molecule has 0 aromatic carbocycles. The fraction of sp³-hybridized carbons (Fsp3) is 0. The van der Waals surface area contributed by atoms with Gasteiger partial charge in [-0.25, -0.2) is 0 Å². The van der Waals surface area contributed by atoms with Gasteiger partial charge in [-0.3, -0.25) is 0 Å². The second kappa shape index (κ2) is 2.76. The Balaban J connectivity index is 3.14. The molecule has 30 valence electrons. The first-order valence-electron chi connectivity index (χ1n) is 1.24. The lowest BCUT2D eigenvalue weighted by atomic mass is 11.2. The summed E-state index contributed by atoms with van der Waals surface area (Å²) in [4.78, 5) is 0. The fourth-order valence-corrected chi connectivity index (χ4v) is 0. The van der Waals surface area contributed by atoms with Crippen molar-refractivity contribution in [1.29, 1.82) is 0 Å². The molecule has 0 aromatic heterocycles. The standard InChI is InChI=1S/C2H4Cl2Si/c3-2(4)1-5/h1H,5H3. The van der Waals surface area contributed by atoms with Gasteiger partial charge in [0, 0.05) is 10.2 Å². The third-order valence-electron chi connectivity index (χ3n) is 0.218. The highest BCUT2D eigenvalue weighted by Crippen LogP contribution is 2.01. The third kappa shape index (κ3) is 4.54. The van der Waals surface area contributed by atoms with Crippen molar-refractivity contribution in [2.45, 2.75) is 0 Å². The van der Waals surface area contributed by atoms with Crippen LogP contribution in [0.3, 0.4) is 0 Å². The topological polar surface area (TPSA) is 0 Å². The average Bonchev–Trinajstić information content (AvgIpc) is 1.38. The molecular weight excluding hydrogens is 123 g/mol. The van der Waals surface area contributed by atoms with Gasteiger partial charge < -0.3 is 0 Å². The molecule has 0 unspecified atom stereocenters. The summed E-state index contributed by atoms with van der Waals surface area (Å²) in [5.74, 6) is 0. The molecule has 0 amide bonds. The van der Waals surface area contributed by atoms with Crippen molar-refractivity contribution < 1.29 is 0 Å². The second-order valence-electron chi connectivity index (χ2n) is 0.578. The van der Waals surface area contributed by atoms with E-state index in [0.29, 0.717) is 4.49 Å². The Labute approximate surface area is 44.2 Å². The molecule has 0 saturated carbocycles. The Hall–Kier alpha value is 0.537. The van der Waals surface area contributed by atoms with Crippen molar-refractivity contribution in [2.75, 3.05) is 0 Å². The molecule has 3 heteroatoms. The fourth-order valence-electron chi connectivity index (χ4n) is 0. The largest absolute Gasteiger partial charge is 0.0976 e. The van der Waals surface area contributed by atoms with E-state index in [4.69, 9.17) is 23.2 Å². The molecule has 0 atom stereocenters. The summed E-state index contributed by atoms with van der Waals surface area (Å²) in [6.45, 7) is 0. The average molecular weight is 127 g/mol. The molecule has 0 heterocycles. The van der Waals surface area contributed by atoms with Crippen LogP contribution in [-0.4, -0.2) is 10.2 Å². The Morgan fingerprint density at radius 1 is 1.60 bits per heavy atom. The van der Waals surface area contributed by atoms with E-state index in [-0.39, 0.29) is 0 Å². The third-order valence-corrected chi connectivity index (χ3v) is 1.96. The summed E-state index contributed by atoms with van der Waals surface area (Å²) in [5.41, 5.74) is 1.75. The lowest BCUT2D eigenvalue weighted by Gasteiger charge is -1.66. The number of hydrogen-bond donors (Lipinski definition) is 0. The SMILES string of the molecule is [SiH3]C=C(Cl)Cl. The predicted octanol–water partition coefficient (Wildman–Crippen LogP) is 0.628. The summed E-state index contributed by atoms with van der Waals surface area (Å²) in [6.07, 6.45) is 0. The number of rotatable bonds is 0. The van der Waals surface area contributed by atoms with Crippen molar-refractivity contribution in [3.8, 4) is 0 Å². The number of halogens is 2. The molecule has 0 aromatic rings. The first-order valence-corrected chi connectivity index (χ1v) is 3.15. The molecule has 0 radical (unpaired) electrons. The highest BCUT2D eigenvalue weighted by molar-refractivity contribution is 6.57. The van der Waals surface area contributed by atoms with Gasteiger partial charge in [0.05, 0.1) is 4.49 Å². The van der Waals surface area contributed by atoms with E-state index >= 15 is 0 Å². The summed E-state index contributed by atoms with van der Waals surface area (Å²) >= 11 is 10.2. The van der Waals surface area contributed by atoms with Gasteiger partial charge in [0.1, 0.15) is 0 Å². The highest BCUT2D eigenvalue weighted by Gasteiger charge is 1.68. The van der Waals surface area contributed by atoms with Crippen LogP contribution in [0.2, 0.25) is 0 Å². The molecule has 0 rings (SSSR count). The normalized spacial score (nSPS) is 7.60.